The second kappa shape index (κ2) is 17.0. The molecule has 4 heterocycles. The Hall–Kier alpha value is -11.0. The van der Waals surface area contributed by atoms with Crippen LogP contribution in [0.25, 0.3) is 144 Å². The lowest BCUT2D eigenvalue weighted by Gasteiger charge is -2.30. The molecular formula is C76H45N5O. The van der Waals surface area contributed by atoms with Gasteiger partial charge < -0.3 is 8.98 Å². The van der Waals surface area contributed by atoms with E-state index in [0.717, 1.165) is 93.8 Å². The zero-order valence-corrected chi connectivity index (χ0v) is 44.1. The van der Waals surface area contributed by atoms with Crippen molar-refractivity contribution in [1.29, 1.82) is 0 Å². The lowest BCUT2D eigenvalue weighted by Crippen LogP contribution is -2.25. The van der Waals surface area contributed by atoms with Crippen LogP contribution < -0.4 is 0 Å². The molecule has 2 aliphatic carbocycles. The number of nitrogens with zero attached hydrogens (tertiary/aromatic N) is 5. The van der Waals surface area contributed by atoms with Crippen molar-refractivity contribution in [3.05, 3.63) is 295 Å². The SMILES string of the molecule is c1ccc(-c2nc(-c3ccccc3)nc(-n3c4ccc(-c5ccc6c(c5)c5ccccc5n6-c5ccc(-c6cccc7c6oc6ccccc67)cc5)cc4c4ccc5c(c43)-c3ccccc3C53c4ccccc4-c4ccccc43)n2)cc1. The molecule has 4 aromatic heterocycles. The molecule has 82 heavy (non-hydrogen) atoms. The fraction of sp³-hybridized carbons (Fsp3) is 0.0132. The number of aromatic nitrogens is 5. The molecule has 6 heteroatoms. The Labute approximate surface area is 471 Å². The van der Waals surface area contributed by atoms with Crippen LogP contribution >= 0.6 is 0 Å². The van der Waals surface area contributed by atoms with Crippen molar-refractivity contribution in [2.75, 3.05) is 0 Å². The fourth-order valence-electron chi connectivity index (χ4n) is 14.2. The molecular weight excluding hydrogens is 999 g/mol. The van der Waals surface area contributed by atoms with Gasteiger partial charge in [-0.25, -0.2) is 4.98 Å². The van der Waals surface area contributed by atoms with Crippen molar-refractivity contribution >= 4 is 65.6 Å². The molecule has 0 atom stereocenters. The van der Waals surface area contributed by atoms with Crippen molar-refractivity contribution < 1.29 is 4.42 Å². The Morgan fingerprint density at radius 3 is 1.50 bits per heavy atom. The van der Waals surface area contributed by atoms with Crippen LogP contribution in [0.1, 0.15) is 22.3 Å². The number of furan rings is 1. The molecule has 6 nitrogen and oxygen atoms in total. The van der Waals surface area contributed by atoms with Crippen LogP contribution in [-0.4, -0.2) is 24.1 Å². The first-order valence-electron chi connectivity index (χ1n) is 28.0. The van der Waals surface area contributed by atoms with Gasteiger partial charge in [0.05, 0.1) is 27.5 Å². The Morgan fingerprint density at radius 2 is 0.817 bits per heavy atom. The minimum atomic E-state index is -0.538. The monoisotopic (exact) mass is 1040 g/mol. The van der Waals surface area contributed by atoms with Crippen LogP contribution in [0.4, 0.5) is 0 Å². The predicted octanol–water partition coefficient (Wildman–Crippen LogP) is 19.0. The molecule has 0 fully saturated rings. The first-order chi connectivity index (χ1) is 40.7. The third-order valence-electron chi connectivity index (χ3n) is 17.6. The van der Waals surface area contributed by atoms with E-state index in [1.807, 2.05) is 48.5 Å². The minimum absolute atomic E-state index is 0.538. The molecule has 380 valence electrons. The highest BCUT2D eigenvalue weighted by molar-refractivity contribution is 6.18. The van der Waals surface area contributed by atoms with Crippen molar-refractivity contribution in [2.24, 2.45) is 0 Å². The molecule has 0 bridgehead atoms. The van der Waals surface area contributed by atoms with Gasteiger partial charge in [-0.2, -0.15) is 9.97 Å². The van der Waals surface area contributed by atoms with Crippen molar-refractivity contribution in [1.82, 2.24) is 24.1 Å². The van der Waals surface area contributed by atoms with Crippen LogP contribution in [0.15, 0.2) is 277 Å². The van der Waals surface area contributed by atoms with Crippen LogP contribution in [0, 0.1) is 0 Å². The predicted molar refractivity (Wildman–Crippen MR) is 334 cm³/mol. The number of hydrogen-bond donors (Lipinski definition) is 0. The molecule has 16 aromatic rings. The zero-order valence-electron chi connectivity index (χ0n) is 44.1. The van der Waals surface area contributed by atoms with Gasteiger partial charge in [-0.3, -0.25) is 4.57 Å². The van der Waals surface area contributed by atoms with E-state index in [9.17, 15) is 0 Å². The van der Waals surface area contributed by atoms with Gasteiger partial charge in [-0.1, -0.05) is 224 Å². The summed E-state index contributed by atoms with van der Waals surface area (Å²) in [6, 6.07) is 98.7. The normalized spacial score (nSPS) is 13.0. The topological polar surface area (TPSA) is 61.7 Å². The fourth-order valence-corrected chi connectivity index (χ4v) is 14.2. The van der Waals surface area contributed by atoms with Crippen LogP contribution in [0.3, 0.4) is 0 Å². The van der Waals surface area contributed by atoms with Crippen molar-refractivity contribution in [3.8, 4) is 78.9 Å². The molecule has 0 aliphatic heterocycles. The van der Waals surface area contributed by atoms with E-state index in [1.165, 1.54) is 55.3 Å². The molecule has 0 saturated carbocycles. The third-order valence-corrected chi connectivity index (χ3v) is 17.6. The van der Waals surface area contributed by atoms with Gasteiger partial charge in [0.25, 0.3) is 0 Å². The zero-order chi connectivity index (χ0) is 53.6. The smallest absolute Gasteiger partial charge is 0.238 e. The van der Waals surface area contributed by atoms with Crippen LogP contribution in [0.2, 0.25) is 0 Å². The van der Waals surface area contributed by atoms with Crippen molar-refractivity contribution in [2.45, 2.75) is 5.41 Å². The maximum atomic E-state index is 6.46. The summed E-state index contributed by atoms with van der Waals surface area (Å²) in [7, 11) is 0. The van der Waals surface area contributed by atoms with Gasteiger partial charge in [0.15, 0.2) is 11.6 Å². The number of hydrogen-bond acceptors (Lipinski definition) is 4. The van der Waals surface area contributed by atoms with E-state index < -0.39 is 5.41 Å². The standard InChI is InChI=1S/C76H45N5O/c1-3-18-47(19-4-1)73-77-74(48-20-5-2-6-21-48)79-75(78-73)81-68-43-37-50(45-61(68)57-40-41-65-70(71(57)81)59-26-9-14-31-64(59)76(65)62-29-12-7-22-53(62)54-23-8-13-30-63(54)76)49-36-42-67-60(44-49)55-24-10-15-32-66(55)80(67)51-38-34-46(35-39-51)52-27-17-28-58-56-25-11-16-33-69(56)82-72(52)58/h1-45H. The van der Waals surface area contributed by atoms with Crippen LogP contribution in [0.5, 0.6) is 0 Å². The maximum absolute atomic E-state index is 6.46. The van der Waals surface area contributed by atoms with Crippen molar-refractivity contribution in [3.63, 3.8) is 0 Å². The highest BCUT2D eigenvalue weighted by atomic mass is 16.3. The lowest BCUT2D eigenvalue weighted by molar-refractivity contribution is 0.670. The van der Waals surface area contributed by atoms with E-state index in [1.54, 1.807) is 0 Å². The molecule has 0 unspecified atom stereocenters. The van der Waals surface area contributed by atoms with E-state index in [0.29, 0.717) is 17.6 Å². The van der Waals surface area contributed by atoms with Crippen LogP contribution in [-0.2, 0) is 5.41 Å². The number of rotatable bonds is 6. The highest BCUT2D eigenvalue weighted by Gasteiger charge is 2.52. The van der Waals surface area contributed by atoms with E-state index in [-0.39, 0.29) is 0 Å². The average molecular weight is 1040 g/mol. The van der Waals surface area contributed by atoms with E-state index in [4.69, 9.17) is 19.4 Å². The molecule has 0 saturated heterocycles. The number of fused-ring (bicyclic) bond motifs is 20. The summed E-state index contributed by atoms with van der Waals surface area (Å²) in [4.78, 5) is 16.1. The van der Waals surface area contributed by atoms with Gasteiger partial charge in [0, 0.05) is 60.3 Å². The molecule has 1 spiro atoms. The van der Waals surface area contributed by atoms with E-state index in [2.05, 4.69) is 234 Å². The van der Waals surface area contributed by atoms with Gasteiger partial charge in [-0.15, -0.1) is 0 Å². The Kier molecular flexibility index (Phi) is 9.34. The largest absolute Gasteiger partial charge is 0.455 e. The maximum Gasteiger partial charge on any atom is 0.238 e. The summed E-state index contributed by atoms with van der Waals surface area (Å²) in [5, 5.41) is 6.89. The summed E-state index contributed by atoms with van der Waals surface area (Å²) in [6.45, 7) is 0. The Balaban J connectivity index is 0.851. The Morgan fingerprint density at radius 1 is 0.305 bits per heavy atom. The van der Waals surface area contributed by atoms with Gasteiger partial charge in [0.2, 0.25) is 5.95 Å². The summed E-state index contributed by atoms with van der Waals surface area (Å²) in [5.74, 6) is 1.79. The van der Waals surface area contributed by atoms with Gasteiger partial charge in [0.1, 0.15) is 11.2 Å². The average Bonchev–Trinajstić information content (AvgIpc) is 1.61. The third kappa shape index (κ3) is 6.20. The molecule has 0 amide bonds. The summed E-state index contributed by atoms with van der Waals surface area (Å²) >= 11 is 0. The number of para-hydroxylation sites is 3. The quantitative estimate of drug-likeness (QED) is 0.166. The molecule has 0 radical (unpaired) electrons. The summed E-state index contributed by atoms with van der Waals surface area (Å²) in [5.41, 5.74) is 23.1. The highest BCUT2D eigenvalue weighted by Crippen LogP contribution is 2.64. The summed E-state index contributed by atoms with van der Waals surface area (Å²) < 4.78 is 11.2. The molecule has 18 rings (SSSR count). The van der Waals surface area contributed by atoms with Gasteiger partial charge >= 0.3 is 0 Å². The lowest BCUT2D eigenvalue weighted by atomic mass is 9.70. The number of benzene rings is 12. The first kappa shape index (κ1) is 45.0. The second-order valence-electron chi connectivity index (χ2n) is 21.8. The second-order valence-corrected chi connectivity index (χ2v) is 21.8. The molecule has 12 aromatic carbocycles. The first-order valence-corrected chi connectivity index (χ1v) is 28.0. The Bertz CT molecular complexity index is 5240. The van der Waals surface area contributed by atoms with Gasteiger partial charge in [-0.05, 0) is 104 Å². The minimum Gasteiger partial charge on any atom is -0.455 e. The summed E-state index contributed by atoms with van der Waals surface area (Å²) in [6.07, 6.45) is 0. The van der Waals surface area contributed by atoms with E-state index >= 15 is 0 Å². The molecule has 0 N–H and O–H groups in total. The molecule has 2 aliphatic rings.